The molecular formula is C27H37N5O5S2. The Morgan fingerprint density at radius 1 is 1.03 bits per heavy atom. The zero-order valence-electron chi connectivity index (χ0n) is 22.7. The molecule has 5 rings (SSSR count). The van der Waals surface area contributed by atoms with Crippen LogP contribution in [0.5, 0.6) is 5.19 Å². The van der Waals surface area contributed by atoms with E-state index in [2.05, 4.69) is 60.1 Å². The third kappa shape index (κ3) is 7.46. The fourth-order valence-electron chi connectivity index (χ4n) is 4.38. The summed E-state index contributed by atoms with van der Waals surface area (Å²) in [5.41, 5.74) is 2.91. The Labute approximate surface area is 236 Å². The van der Waals surface area contributed by atoms with Crippen molar-refractivity contribution in [1.82, 2.24) is 20.1 Å². The number of thiazole rings is 1. The van der Waals surface area contributed by atoms with Crippen molar-refractivity contribution in [1.29, 1.82) is 0 Å². The summed E-state index contributed by atoms with van der Waals surface area (Å²) in [6.07, 6.45) is 2.08. The highest BCUT2D eigenvalue weighted by atomic mass is 32.2. The van der Waals surface area contributed by atoms with E-state index in [0.29, 0.717) is 17.1 Å². The van der Waals surface area contributed by atoms with Gasteiger partial charge in [0.1, 0.15) is 16.5 Å². The number of hydrogen-bond donors (Lipinski definition) is 0. The number of piperidine rings is 1. The molecule has 39 heavy (non-hydrogen) atoms. The van der Waals surface area contributed by atoms with E-state index in [9.17, 15) is 0 Å². The molecule has 0 radical (unpaired) electrons. The van der Waals surface area contributed by atoms with Crippen LogP contribution in [0.1, 0.15) is 45.4 Å². The lowest BCUT2D eigenvalue weighted by atomic mass is 9.92. The normalized spacial score (nSPS) is 14.7. The van der Waals surface area contributed by atoms with Gasteiger partial charge in [0.25, 0.3) is 5.19 Å². The van der Waals surface area contributed by atoms with Crippen LogP contribution < -0.4 is 9.64 Å². The second-order valence-corrected chi connectivity index (χ2v) is 11.7. The SMILES string of the molecule is COCCSc1ccc(-c2ccc3nc(OC(C)C4CCN(c5nc(C(C)C)no5)CC4)sc3n2)cc1.O.O. The number of methoxy groups -OCH3 is 1. The first-order valence-electron chi connectivity index (χ1n) is 12.7. The van der Waals surface area contributed by atoms with Crippen molar-refractivity contribution >= 4 is 39.5 Å². The van der Waals surface area contributed by atoms with Crippen LogP contribution in [0.15, 0.2) is 45.8 Å². The molecule has 0 bridgehead atoms. The van der Waals surface area contributed by atoms with E-state index in [-0.39, 0.29) is 23.0 Å². The zero-order chi connectivity index (χ0) is 25.8. The molecule has 0 saturated carbocycles. The molecular weight excluding hydrogens is 538 g/mol. The van der Waals surface area contributed by atoms with Gasteiger partial charge in [-0.25, -0.2) is 9.97 Å². The fraction of sp³-hybridized carbons (Fsp3) is 0.481. The van der Waals surface area contributed by atoms with Gasteiger partial charge in [0.2, 0.25) is 0 Å². The van der Waals surface area contributed by atoms with Gasteiger partial charge in [0, 0.05) is 42.3 Å². The van der Waals surface area contributed by atoms with Crippen LogP contribution in [0.4, 0.5) is 6.01 Å². The molecule has 1 unspecified atom stereocenters. The molecule has 10 nitrogen and oxygen atoms in total. The van der Waals surface area contributed by atoms with Gasteiger partial charge in [-0.05, 0) is 49.9 Å². The number of thioether (sulfide) groups is 1. The summed E-state index contributed by atoms with van der Waals surface area (Å²) in [6, 6.07) is 13.2. The lowest BCUT2D eigenvalue weighted by Crippen LogP contribution is -2.38. The highest BCUT2D eigenvalue weighted by molar-refractivity contribution is 7.99. The minimum Gasteiger partial charge on any atom is -0.467 e. The quantitative estimate of drug-likeness (QED) is 0.195. The van der Waals surface area contributed by atoms with Gasteiger partial charge in [-0.3, -0.25) is 0 Å². The van der Waals surface area contributed by atoms with E-state index < -0.39 is 0 Å². The van der Waals surface area contributed by atoms with Crippen LogP contribution in [0.25, 0.3) is 21.6 Å². The molecule has 4 aromatic rings. The number of nitrogens with zero attached hydrogens (tertiary/aromatic N) is 5. The molecule has 1 fully saturated rings. The largest absolute Gasteiger partial charge is 0.467 e. The van der Waals surface area contributed by atoms with Crippen molar-refractivity contribution in [2.24, 2.45) is 5.92 Å². The summed E-state index contributed by atoms with van der Waals surface area (Å²) in [4.78, 5) is 18.4. The Morgan fingerprint density at radius 3 is 2.44 bits per heavy atom. The lowest BCUT2D eigenvalue weighted by molar-refractivity contribution is 0.131. The minimum atomic E-state index is 0. The van der Waals surface area contributed by atoms with Gasteiger partial charge in [-0.15, -0.1) is 11.8 Å². The van der Waals surface area contributed by atoms with Crippen LogP contribution in [0, 0.1) is 5.92 Å². The molecule has 3 aromatic heterocycles. The molecule has 0 spiro atoms. The fourth-order valence-corrected chi connectivity index (χ4v) is 6.06. The molecule has 12 heteroatoms. The Hall–Kier alpha value is -2.77. The molecule has 1 aliphatic rings. The molecule has 1 aliphatic heterocycles. The van der Waals surface area contributed by atoms with E-state index in [4.69, 9.17) is 24.0 Å². The average molecular weight is 576 g/mol. The summed E-state index contributed by atoms with van der Waals surface area (Å²) in [5, 5.41) is 4.77. The molecule has 212 valence electrons. The maximum absolute atomic E-state index is 6.31. The van der Waals surface area contributed by atoms with Crippen molar-refractivity contribution in [2.45, 2.75) is 50.5 Å². The molecule has 1 saturated heterocycles. The number of pyridine rings is 1. The second kappa shape index (κ2) is 14.0. The highest BCUT2D eigenvalue weighted by Crippen LogP contribution is 2.33. The Kier molecular flexibility index (Phi) is 11.1. The summed E-state index contributed by atoms with van der Waals surface area (Å²) in [5.74, 6) is 2.41. The maximum Gasteiger partial charge on any atom is 0.324 e. The standard InChI is InChI=1S/C27H33N5O3S2.2H2O/c1-17(2)24-30-26(35-31-24)32-13-11-19(12-14-32)18(3)34-27-29-23-10-9-22(28-25(23)37-27)20-5-7-21(8-6-20)36-16-15-33-4;;/h5-10,17-19H,11-16H2,1-4H3;2*1H2. The molecule has 0 aliphatic carbocycles. The number of ether oxygens (including phenoxy) is 2. The second-order valence-electron chi connectivity index (χ2n) is 9.60. The topological polar surface area (TPSA) is 149 Å². The van der Waals surface area contributed by atoms with Gasteiger partial charge in [0.15, 0.2) is 5.82 Å². The smallest absolute Gasteiger partial charge is 0.324 e. The van der Waals surface area contributed by atoms with Gasteiger partial charge in [-0.2, -0.15) is 4.98 Å². The van der Waals surface area contributed by atoms with Crippen molar-refractivity contribution in [3.05, 3.63) is 42.2 Å². The maximum atomic E-state index is 6.31. The molecule has 1 atom stereocenters. The Bertz CT molecular complexity index is 1310. The van der Waals surface area contributed by atoms with Crippen molar-refractivity contribution in [2.75, 3.05) is 37.5 Å². The summed E-state index contributed by atoms with van der Waals surface area (Å²) >= 11 is 3.30. The van der Waals surface area contributed by atoms with Gasteiger partial charge in [0.05, 0.1) is 12.3 Å². The Balaban J connectivity index is 0.00000210. The predicted molar refractivity (Wildman–Crippen MR) is 156 cm³/mol. The van der Waals surface area contributed by atoms with Crippen LogP contribution in [-0.4, -0.2) is 69.7 Å². The summed E-state index contributed by atoms with van der Waals surface area (Å²) in [6.45, 7) is 8.79. The van der Waals surface area contributed by atoms with Gasteiger partial charge >= 0.3 is 6.01 Å². The summed E-state index contributed by atoms with van der Waals surface area (Å²) in [7, 11) is 1.73. The van der Waals surface area contributed by atoms with Crippen LogP contribution in [0.3, 0.4) is 0 Å². The minimum absolute atomic E-state index is 0. The Morgan fingerprint density at radius 2 is 1.77 bits per heavy atom. The number of benzene rings is 1. The number of aromatic nitrogens is 4. The highest BCUT2D eigenvalue weighted by Gasteiger charge is 2.28. The number of anilines is 1. The van der Waals surface area contributed by atoms with Crippen molar-refractivity contribution < 1.29 is 24.9 Å². The third-order valence-electron chi connectivity index (χ3n) is 6.65. The van der Waals surface area contributed by atoms with E-state index in [1.165, 1.54) is 16.2 Å². The van der Waals surface area contributed by atoms with Crippen LogP contribution >= 0.6 is 23.1 Å². The number of hydrogen-bond acceptors (Lipinski definition) is 10. The van der Waals surface area contributed by atoms with Crippen LogP contribution in [0.2, 0.25) is 0 Å². The van der Waals surface area contributed by atoms with Crippen molar-refractivity contribution in [3.63, 3.8) is 0 Å². The zero-order valence-corrected chi connectivity index (χ0v) is 24.3. The third-order valence-corrected chi connectivity index (χ3v) is 8.48. The first kappa shape index (κ1) is 30.8. The number of rotatable bonds is 10. The molecule has 1 aromatic carbocycles. The average Bonchev–Trinajstić information content (AvgIpc) is 3.56. The van der Waals surface area contributed by atoms with E-state index >= 15 is 0 Å². The first-order valence-corrected chi connectivity index (χ1v) is 14.6. The predicted octanol–water partition coefficient (Wildman–Crippen LogP) is 4.64. The first-order chi connectivity index (χ1) is 18.0. The van der Waals surface area contributed by atoms with Crippen LogP contribution in [-0.2, 0) is 4.74 Å². The van der Waals surface area contributed by atoms with E-state index in [0.717, 1.165) is 65.7 Å². The van der Waals surface area contributed by atoms with Gasteiger partial charge in [-0.1, -0.05) is 42.5 Å². The summed E-state index contributed by atoms with van der Waals surface area (Å²) < 4.78 is 16.9. The van der Waals surface area contributed by atoms with Gasteiger partial charge < -0.3 is 29.8 Å². The lowest BCUT2D eigenvalue weighted by Gasteiger charge is -2.33. The van der Waals surface area contributed by atoms with E-state index in [1.807, 2.05) is 12.1 Å². The number of fused-ring (bicyclic) bond motifs is 1. The van der Waals surface area contributed by atoms with E-state index in [1.54, 1.807) is 18.9 Å². The molecule has 4 N–H and O–H groups in total. The molecule has 0 amide bonds. The monoisotopic (exact) mass is 575 g/mol. The molecule has 4 heterocycles. The van der Waals surface area contributed by atoms with Crippen molar-refractivity contribution in [3.8, 4) is 16.5 Å².